The Morgan fingerprint density at radius 2 is 1.75 bits per heavy atom. The van der Waals surface area contributed by atoms with Crippen LogP contribution in [0.2, 0.25) is 0 Å². The lowest BCUT2D eigenvalue weighted by atomic mass is 10.2. The third-order valence-corrected chi connectivity index (χ3v) is 6.12. The fraction of sp³-hybridized carbons (Fsp3) is 0.200. The molecule has 0 radical (unpaired) electrons. The number of hydrogen-bond donors (Lipinski definition) is 0. The summed E-state index contributed by atoms with van der Waals surface area (Å²) >= 11 is 1.64. The Hall–Kier alpha value is -3.45. The fourth-order valence-electron chi connectivity index (χ4n) is 3.56. The minimum absolute atomic E-state index is 0.267. The largest absolute Gasteiger partial charge is 0.492 e. The highest BCUT2D eigenvalue weighted by atomic mass is 32.2. The second-order valence-corrected chi connectivity index (χ2v) is 8.47. The van der Waals surface area contributed by atoms with Gasteiger partial charge in [-0.1, -0.05) is 66.4 Å². The first-order chi connectivity index (χ1) is 15.8. The standard InChI is InChI=1S/C25H23N3O3S/c1-18-7-5-6-10-21(18)29-13-14-32-25-27-26-24(20-8-3-2-4-9-20)28(25)16-19-11-12-22-23(15-19)31-17-30-22/h2-12,15H,13-14,16-17H2,1H3. The predicted octanol–water partition coefficient (Wildman–Crippen LogP) is 5.20. The van der Waals surface area contributed by atoms with Crippen molar-refractivity contribution in [2.75, 3.05) is 19.2 Å². The Morgan fingerprint density at radius 3 is 2.62 bits per heavy atom. The maximum absolute atomic E-state index is 5.95. The van der Waals surface area contributed by atoms with Crippen LogP contribution in [0.15, 0.2) is 78.0 Å². The molecule has 5 rings (SSSR count). The molecule has 6 nitrogen and oxygen atoms in total. The Kier molecular flexibility index (Phi) is 5.98. The summed E-state index contributed by atoms with van der Waals surface area (Å²) in [4.78, 5) is 0. The molecule has 0 amide bonds. The van der Waals surface area contributed by atoms with Gasteiger partial charge in [-0.3, -0.25) is 4.57 Å². The summed E-state index contributed by atoms with van der Waals surface area (Å²) in [5.41, 5.74) is 3.27. The van der Waals surface area contributed by atoms with Gasteiger partial charge < -0.3 is 14.2 Å². The first-order valence-corrected chi connectivity index (χ1v) is 11.4. The molecule has 0 aliphatic carbocycles. The lowest BCUT2D eigenvalue weighted by molar-refractivity contribution is 0.174. The molecule has 162 valence electrons. The van der Waals surface area contributed by atoms with Crippen LogP contribution in [0.25, 0.3) is 11.4 Å². The van der Waals surface area contributed by atoms with Crippen LogP contribution in [0.1, 0.15) is 11.1 Å². The highest BCUT2D eigenvalue weighted by molar-refractivity contribution is 7.99. The maximum atomic E-state index is 5.95. The van der Waals surface area contributed by atoms with E-state index in [0.29, 0.717) is 13.2 Å². The second kappa shape index (κ2) is 9.36. The Balaban J connectivity index is 1.35. The molecule has 0 unspecified atom stereocenters. The van der Waals surface area contributed by atoms with Crippen molar-refractivity contribution in [3.8, 4) is 28.6 Å². The average molecular weight is 446 g/mol. The van der Waals surface area contributed by atoms with Crippen molar-refractivity contribution in [2.45, 2.75) is 18.6 Å². The third-order valence-electron chi connectivity index (χ3n) is 5.19. The summed E-state index contributed by atoms with van der Waals surface area (Å²) in [6, 6.07) is 24.2. The van der Waals surface area contributed by atoms with Crippen molar-refractivity contribution < 1.29 is 14.2 Å². The van der Waals surface area contributed by atoms with Crippen molar-refractivity contribution in [1.29, 1.82) is 0 Å². The van der Waals surface area contributed by atoms with Gasteiger partial charge in [-0.25, -0.2) is 0 Å². The zero-order valence-electron chi connectivity index (χ0n) is 17.7. The van der Waals surface area contributed by atoms with E-state index in [1.807, 2.05) is 48.5 Å². The molecule has 0 atom stereocenters. The molecule has 1 aliphatic heterocycles. The summed E-state index contributed by atoms with van der Waals surface area (Å²) in [6.45, 7) is 3.54. The number of aryl methyl sites for hydroxylation is 1. The van der Waals surface area contributed by atoms with Gasteiger partial charge in [0.25, 0.3) is 0 Å². The Bertz CT molecular complexity index is 1210. The SMILES string of the molecule is Cc1ccccc1OCCSc1nnc(-c2ccccc2)n1Cc1ccc2c(c1)OCO2. The van der Waals surface area contributed by atoms with Gasteiger partial charge in [0.15, 0.2) is 22.5 Å². The van der Waals surface area contributed by atoms with Crippen molar-refractivity contribution >= 4 is 11.8 Å². The van der Waals surface area contributed by atoms with Gasteiger partial charge in [0.05, 0.1) is 13.2 Å². The van der Waals surface area contributed by atoms with Crippen LogP contribution in [0, 0.1) is 6.92 Å². The lowest BCUT2D eigenvalue weighted by Crippen LogP contribution is -2.06. The van der Waals surface area contributed by atoms with Gasteiger partial charge in [-0.2, -0.15) is 0 Å². The number of fused-ring (bicyclic) bond motifs is 1. The molecule has 0 bridgehead atoms. The number of hydrogen-bond acceptors (Lipinski definition) is 6. The number of aromatic nitrogens is 3. The van der Waals surface area contributed by atoms with Gasteiger partial charge in [0, 0.05) is 11.3 Å². The summed E-state index contributed by atoms with van der Waals surface area (Å²) in [7, 11) is 0. The highest BCUT2D eigenvalue weighted by Crippen LogP contribution is 2.33. The zero-order chi connectivity index (χ0) is 21.8. The minimum atomic E-state index is 0.267. The molecular formula is C25H23N3O3S. The van der Waals surface area contributed by atoms with Crippen LogP contribution in [0.5, 0.6) is 17.2 Å². The van der Waals surface area contributed by atoms with Crippen LogP contribution in [-0.2, 0) is 6.54 Å². The molecule has 2 heterocycles. The van der Waals surface area contributed by atoms with Crippen LogP contribution in [-0.4, -0.2) is 33.9 Å². The van der Waals surface area contributed by atoms with E-state index in [1.54, 1.807) is 11.8 Å². The summed E-state index contributed by atoms with van der Waals surface area (Å²) < 4.78 is 19.1. The van der Waals surface area contributed by atoms with Crippen LogP contribution < -0.4 is 14.2 Å². The van der Waals surface area contributed by atoms with Gasteiger partial charge in [-0.15, -0.1) is 10.2 Å². The van der Waals surface area contributed by atoms with Gasteiger partial charge in [0.1, 0.15) is 5.75 Å². The number of thioether (sulfide) groups is 1. The molecule has 32 heavy (non-hydrogen) atoms. The molecule has 3 aromatic carbocycles. The zero-order valence-corrected chi connectivity index (χ0v) is 18.5. The molecule has 0 N–H and O–H groups in total. The number of ether oxygens (including phenoxy) is 3. The van der Waals surface area contributed by atoms with Crippen LogP contribution >= 0.6 is 11.8 Å². The van der Waals surface area contributed by atoms with Crippen LogP contribution in [0.3, 0.4) is 0 Å². The third kappa shape index (κ3) is 4.43. The van der Waals surface area contributed by atoms with Crippen molar-refractivity contribution in [3.63, 3.8) is 0 Å². The number of nitrogens with zero attached hydrogens (tertiary/aromatic N) is 3. The van der Waals surface area contributed by atoms with E-state index in [2.05, 4.69) is 46.0 Å². The van der Waals surface area contributed by atoms with E-state index in [-0.39, 0.29) is 6.79 Å². The molecule has 0 saturated heterocycles. The summed E-state index contributed by atoms with van der Waals surface area (Å²) in [6.07, 6.45) is 0. The van der Waals surface area contributed by atoms with Gasteiger partial charge in [-0.05, 0) is 36.2 Å². The van der Waals surface area contributed by atoms with E-state index in [0.717, 1.165) is 50.7 Å². The molecule has 1 aromatic heterocycles. The number of rotatable bonds is 8. The average Bonchev–Trinajstić information content (AvgIpc) is 3.45. The molecule has 7 heteroatoms. The maximum Gasteiger partial charge on any atom is 0.231 e. The normalized spacial score (nSPS) is 12.2. The first kappa shape index (κ1) is 20.5. The minimum Gasteiger partial charge on any atom is -0.492 e. The van der Waals surface area contributed by atoms with Crippen molar-refractivity contribution in [3.05, 3.63) is 83.9 Å². The van der Waals surface area contributed by atoms with E-state index >= 15 is 0 Å². The number of para-hydroxylation sites is 1. The van der Waals surface area contributed by atoms with Crippen molar-refractivity contribution in [1.82, 2.24) is 14.8 Å². The quantitative estimate of drug-likeness (QED) is 0.274. The van der Waals surface area contributed by atoms with E-state index in [4.69, 9.17) is 14.2 Å². The fourth-order valence-corrected chi connectivity index (χ4v) is 4.32. The molecular weight excluding hydrogens is 422 g/mol. The smallest absolute Gasteiger partial charge is 0.231 e. The molecule has 0 fully saturated rings. The Labute approximate surface area is 191 Å². The topological polar surface area (TPSA) is 58.4 Å². The predicted molar refractivity (Wildman–Crippen MR) is 125 cm³/mol. The molecule has 1 aliphatic rings. The van der Waals surface area contributed by atoms with Crippen LogP contribution in [0.4, 0.5) is 0 Å². The molecule has 0 saturated carbocycles. The van der Waals surface area contributed by atoms with Gasteiger partial charge in [0.2, 0.25) is 6.79 Å². The lowest BCUT2D eigenvalue weighted by Gasteiger charge is -2.12. The van der Waals surface area contributed by atoms with E-state index in [1.165, 1.54) is 0 Å². The second-order valence-electron chi connectivity index (χ2n) is 7.41. The number of benzene rings is 3. The van der Waals surface area contributed by atoms with E-state index in [9.17, 15) is 0 Å². The monoisotopic (exact) mass is 445 g/mol. The Morgan fingerprint density at radius 1 is 0.938 bits per heavy atom. The summed E-state index contributed by atoms with van der Waals surface area (Å²) in [5, 5.41) is 9.85. The highest BCUT2D eigenvalue weighted by Gasteiger charge is 2.17. The molecule has 4 aromatic rings. The first-order valence-electron chi connectivity index (χ1n) is 10.5. The molecule has 0 spiro atoms. The summed E-state index contributed by atoms with van der Waals surface area (Å²) in [5.74, 6) is 4.08. The van der Waals surface area contributed by atoms with Gasteiger partial charge >= 0.3 is 0 Å². The van der Waals surface area contributed by atoms with E-state index < -0.39 is 0 Å². The van der Waals surface area contributed by atoms with Crippen molar-refractivity contribution in [2.24, 2.45) is 0 Å².